The summed E-state index contributed by atoms with van der Waals surface area (Å²) in [4.78, 5) is 22.8. The van der Waals surface area contributed by atoms with Gasteiger partial charge in [-0.3, -0.25) is 9.80 Å². The van der Waals surface area contributed by atoms with Crippen LogP contribution in [0, 0.1) is 0 Å². The van der Waals surface area contributed by atoms with Gasteiger partial charge in [-0.1, -0.05) is 17.4 Å². The minimum Gasteiger partial charge on any atom is -0.497 e. The summed E-state index contributed by atoms with van der Waals surface area (Å²) in [6, 6.07) is 7.36. The first kappa shape index (κ1) is 18.5. The van der Waals surface area contributed by atoms with Crippen LogP contribution in [0.3, 0.4) is 0 Å². The number of hydrogen-bond acceptors (Lipinski definition) is 8. The molecule has 3 unspecified atom stereocenters. The van der Waals surface area contributed by atoms with Crippen molar-refractivity contribution in [2.75, 3.05) is 20.3 Å². The summed E-state index contributed by atoms with van der Waals surface area (Å²) in [6.07, 6.45) is 0.267. The van der Waals surface area contributed by atoms with E-state index < -0.39 is 18.1 Å². The highest BCUT2D eigenvalue weighted by Crippen LogP contribution is 2.48. The molecule has 2 amide bonds. The highest BCUT2D eigenvalue weighted by atomic mass is 16.6. The maximum atomic E-state index is 11.9. The highest BCUT2D eigenvalue weighted by Gasteiger charge is 2.63. The molecule has 1 aromatic carbocycles. The number of alkyl carbamates (subject to hydrolysis) is 1. The van der Waals surface area contributed by atoms with Crippen LogP contribution < -0.4 is 15.8 Å². The fraction of sp³-hybridized carbons (Fsp3) is 0.556. The van der Waals surface area contributed by atoms with Crippen molar-refractivity contribution in [3.05, 3.63) is 29.8 Å². The van der Waals surface area contributed by atoms with Crippen molar-refractivity contribution in [2.24, 2.45) is 16.1 Å². The third-order valence-corrected chi connectivity index (χ3v) is 5.40. The standard InChI is InChI=1S/C18H23N5O5/c1-26-12-4-2-11(3-5-12)9-23-16-15(21-22-23)13(6-7-18(16)10-27-18)28-17(25)20-8-14(19)24/h2-5,13,15-16H,6-10H2,1H3,(H2,19,24)(H,20,25)/t13?,15?,16?,18-/m0/s1. The van der Waals surface area contributed by atoms with E-state index in [1.165, 1.54) is 0 Å². The average molecular weight is 389 g/mol. The summed E-state index contributed by atoms with van der Waals surface area (Å²) in [7, 11) is 1.63. The Morgan fingerprint density at radius 3 is 2.79 bits per heavy atom. The number of nitrogens with zero attached hydrogens (tertiary/aromatic N) is 3. The smallest absolute Gasteiger partial charge is 0.407 e. The second-order valence-corrected chi connectivity index (χ2v) is 7.24. The zero-order valence-corrected chi connectivity index (χ0v) is 15.5. The first-order valence-corrected chi connectivity index (χ1v) is 9.18. The molecule has 3 N–H and O–H groups in total. The number of rotatable bonds is 6. The van der Waals surface area contributed by atoms with Crippen LogP contribution in [0.2, 0.25) is 0 Å². The van der Waals surface area contributed by atoms with Crippen LogP contribution in [0.5, 0.6) is 5.75 Å². The van der Waals surface area contributed by atoms with Crippen LogP contribution in [0.1, 0.15) is 18.4 Å². The maximum Gasteiger partial charge on any atom is 0.407 e. The number of epoxide rings is 1. The fourth-order valence-corrected chi connectivity index (χ4v) is 3.91. The van der Waals surface area contributed by atoms with Gasteiger partial charge in [0.2, 0.25) is 5.91 Å². The first-order chi connectivity index (χ1) is 13.5. The lowest BCUT2D eigenvalue weighted by Gasteiger charge is -2.38. The van der Waals surface area contributed by atoms with E-state index in [1.807, 2.05) is 29.3 Å². The fourth-order valence-electron chi connectivity index (χ4n) is 3.91. The zero-order valence-electron chi connectivity index (χ0n) is 15.5. The Balaban J connectivity index is 1.44. The number of hydrogen-bond donors (Lipinski definition) is 2. The molecular weight excluding hydrogens is 366 g/mol. The predicted molar refractivity (Wildman–Crippen MR) is 96.4 cm³/mol. The van der Waals surface area contributed by atoms with Gasteiger partial charge in [-0.05, 0) is 30.5 Å². The molecule has 4 rings (SSSR count). The number of carbonyl (C=O) groups is 2. The van der Waals surface area contributed by atoms with Crippen LogP contribution in [0.15, 0.2) is 34.6 Å². The minimum absolute atomic E-state index is 0.0997. The number of carbonyl (C=O) groups excluding carboxylic acids is 2. The Morgan fingerprint density at radius 1 is 1.39 bits per heavy atom. The van der Waals surface area contributed by atoms with Gasteiger partial charge in [0.05, 0.1) is 26.8 Å². The lowest BCUT2D eigenvalue weighted by molar-refractivity contribution is -0.117. The van der Waals surface area contributed by atoms with E-state index in [-0.39, 0.29) is 24.2 Å². The molecule has 28 heavy (non-hydrogen) atoms. The van der Waals surface area contributed by atoms with Crippen molar-refractivity contribution < 1.29 is 23.8 Å². The van der Waals surface area contributed by atoms with Gasteiger partial charge >= 0.3 is 6.09 Å². The molecule has 1 aromatic rings. The molecule has 1 saturated carbocycles. The Kier molecular flexibility index (Phi) is 4.80. The second-order valence-electron chi connectivity index (χ2n) is 7.24. The lowest BCUT2D eigenvalue weighted by atomic mass is 9.79. The minimum atomic E-state index is -0.681. The Bertz CT molecular complexity index is 779. The normalized spacial score (nSPS) is 30.0. The molecule has 2 fully saturated rings. The number of methoxy groups -OCH3 is 1. The molecule has 3 aliphatic rings. The first-order valence-electron chi connectivity index (χ1n) is 9.18. The predicted octanol–water partition coefficient (Wildman–Crippen LogP) is 0.758. The lowest BCUT2D eigenvalue weighted by Crippen LogP contribution is -2.56. The van der Waals surface area contributed by atoms with Gasteiger partial charge in [0.15, 0.2) is 0 Å². The van der Waals surface area contributed by atoms with E-state index in [4.69, 9.17) is 19.9 Å². The van der Waals surface area contributed by atoms with Crippen LogP contribution in [-0.4, -0.2) is 61.1 Å². The number of nitrogens with two attached hydrogens (primary N) is 1. The van der Waals surface area contributed by atoms with Gasteiger partial charge in [-0.25, -0.2) is 4.79 Å². The van der Waals surface area contributed by atoms with Crippen LogP contribution in [0.4, 0.5) is 4.79 Å². The Morgan fingerprint density at radius 2 is 2.14 bits per heavy atom. The molecule has 10 nitrogen and oxygen atoms in total. The molecule has 2 heterocycles. The summed E-state index contributed by atoms with van der Waals surface area (Å²) in [5.41, 5.74) is 5.82. The van der Waals surface area contributed by atoms with Crippen molar-refractivity contribution in [3.63, 3.8) is 0 Å². The van der Waals surface area contributed by atoms with E-state index >= 15 is 0 Å². The summed E-state index contributed by atoms with van der Waals surface area (Å²) in [6.45, 7) is 0.955. The van der Waals surface area contributed by atoms with Crippen LogP contribution >= 0.6 is 0 Å². The summed E-state index contributed by atoms with van der Waals surface area (Å²) in [5.74, 6) is 0.162. The number of benzene rings is 1. The molecule has 10 heteroatoms. The van der Waals surface area contributed by atoms with Crippen LogP contribution in [0.25, 0.3) is 0 Å². The van der Waals surface area contributed by atoms with Gasteiger partial charge in [0, 0.05) is 0 Å². The quantitative estimate of drug-likeness (QED) is 0.691. The average Bonchev–Trinajstić information content (AvgIpc) is 3.33. The Labute approximate surface area is 162 Å². The van der Waals surface area contributed by atoms with E-state index in [9.17, 15) is 9.59 Å². The van der Waals surface area contributed by atoms with Crippen molar-refractivity contribution >= 4 is 12.0 Å². The van der Waals surface area contributed by atoms with Gasteiger partial charge in [-0.2, -0.15) is 5.11 Å². The summed E-state index contributed by atoms with van der Waals surface area (Å²) in [5, 5.41) is 13.0. The number of ether oxygens (including phenoxy) is 3. The van der Waals surface area contributed by atoms with Crippen molar-refractivity contribution in [2.45, 2.75) is 43.2 Å². The van der Waals surface area contributed by atoms with Gasteiger partial charge in [-0.15, -0.1) is 0 Å². The Hall–Kier alpha value is -2.88. The van der Waals surface area contributed by atoms with E-state index in [0.717, 1.165) is 17.7 Å². The molecule has 1 aliphatic carbocycles. The number of nitrogens with one attached hydrogen (secondary N) is 1. The molecular formula is C18H23N5O5. The highest BCUT2D eigenvalue weighted by molar-refractivity contribution is 5.80. The zero-order chi connectivity index (χ0) is 19.7. The largest absolute Gasteiger partial charge is 0.497 e. The van der Waals surface area contributed by atoms with Crippen molar-refractivity contribution in [1.82, 2.24) is 10.3 Å². The number of amides is 2. The SMILES string of the molecule is COc1ccc(CN2N=NC3C(OC(=O)NCC(N)=O)CC[C@]4(CO4)C32)cc1. The molecule has 150 valence electrons. The molecule has 4 atom stereocenters. The topological polar surface area (TPSA) is 131 Å². The molecule has 2 aliphatic heterocycles. The van der Waals surface area contributed by atoms with E-state index in [1.54, 1.807) is 7.11 Å². The van der Waals surface area contributed by atoms with E-state index in [2.05, 4.69) is 15.7 Å². The summed E-state index contributed by atoms with van der Waals surface area (Å²) >= 11 is 0. The second kappa shape index (κ2) is 7.27. The van der Waals surface area contributed by atoms with Gasteiger partial charge < -0.3 is 25.3 Å². The van der Waals surface area contributed by atoms with Crippen LogP contribution in [-0.2, 0) is 20.8 Å². The molecule has 0 bridgehead atoms. The van der Waals surface area contributed by atoms with Crippen molar-refractivity contribution in [1.29, 1.82) is 0 Å². The number of primary amides is 1. The molecule has 0 aromatic heterocycles. The maximum absolute atomic E-state index is 11.9. The van der Waals surface area contributed by atoms with Crippen molar-refractivity contribution in [3.8, 4) is 5.75 Å². The van der Waals surface area contributed by atoms with Gasteiger partial charge in [0.1, 0.15) is 29.5 Å². The van der Waals surface area contributed by atoms with E-state index in [0.29, 0.717) is 19.6 Å². The molecule has 1 saturated heterocycles. The third-order valence-electron chi connectivity index (χ3n) is 5.40. The van der Waals surface area contributed by atoms with Gasteiger partial charge in [0.25, 0.3) is 0 Å². The molecule has 1 spiro atoms. The summed E-state index contributed by atoms with van der Waals surface area (Å²) < 4.78 is 16.5. The third kappa shape index (κ3) is 3.59. The monoisotopic (exact) mass is 389 g/mol. The molecule has 0 radical (unpaired) electrons. The number of fused-ring (bicyclic) bond motifs is 2.